The summed E-state index contributed by atoms with van der Waals surface area (Å²) in [5.41, 5.74) is -0.524. The number of esters is 1. The minimum Gasteiger partial charge on any atom is -0.465 e. The molecule has 1 atom stereocenters. The number of carbonyl (C=O) groups excluding carboxylic acids is 1. The third-order valence-corrected chi connectivity index (χ3v) is 5.37. The topological polar surface area (TPSA) is 60.4 Å². The van der Waals surface area contributed by atoms with E-state index in [0.717, 1.165) is 18.4 Å². The second-order valence-corrected chi connectivity index (χ2v) is 7.73. The molecule has 0 saturated carbocycles. The van der Waals surface area contributed by atoms with Crippen LogP contribution in [0.15, 0.2) is 47.4 Å². The van der Waals surface area contributed by atoms with Crippen molar-refractivity contribution >= 4 is 15.8 Å². The first kappa shape index (κ1) is 16.6. The summed E-state index contributed by atoms with van der Waals surface area (Å²) < 4.78 is 55.1. The number of benzene rings is 2. The Morgan fingerprint density at radius 2 is 1.62 bits per heavy atom. The van der Waals surface area contributed by atoms with E-state index in [0.29, 0.717) is 5.56 Å². The summed E-state index contributed by atoms with van der Waals surface area (Å²) in [7, 11) is -3.38. The van der Waals surface area contributed by atoms with Crippen molar-refractivity contribution in [2.24, 2.45) is 0 Å². The van der Waals surface area contributed by atoms with Crippen LogP contribution in [-0.4, -0.2) is 27.2 Å². The van der Waals surface area contributed by atoms with Crippen molar-refractivity contribution in [1.29, 1.82) is 0 Å². The molecule has 24 heavy (non-hydrogen) atoms. The van der Waals surface area contributed by atoms with Crippen LogP contribution in [0.3, 0.4) is 0 Å². The molecule has 2 aromatic rings. The molecule has 1 aliphatic rings. The molecule has 1 saturated heterocycles. The quantitative estimate of drug-likeness (QED) is 0.797. The molecule has 0 radical (unpaired) electrons. The van der Waals surface area contributed by atoms with E-state index in [1.807, 2.05) is 0 Å². The van der Waals surface area contributed by atoms with Gasteiger partial charge < -0.3 is 4.74 Å². The van der Waals surface area contributed by atoms with Gasteiger partial charge in [-0.15, -0.1) is 0 Å². The maximum absolute atomic E-state index is 13.7. The van der Waals surface area contributed by atoms with Gasteiger partial charge in [-0.05, 0) is 35.4 Å². The normalized spacial score (nSPS) is 20.9. The zero-order chi connectivity index (χ0) is 17.5. The standard InChI is InChI=1S/C17H14F2O4S/c1-24(21,22)13-5-2-11(3-6-13)17(8-9-23-16(17)20)12-4-7-14(18)15(19)10-12/h2-7,10H,8-9H2,1H3. The fraction of sp³-hybridized carbons (Fsp3) is 0.235. The Bertz CT molecular complexity index is 907. The van der Waals surface area contributed by atoms with Crippen LogP contribution in [0.2, 0.25) is 0 Å². The molecule has 0 amide bonds. The van der Waals surface area contributed by atoms with Crippen LogP contribution in [0.1, 0.15) is 17.5 Å². The van der Waals surface area contributed by atoms with Gasteiger partial charge in [-0.25, -0.2) is 17.2 Å². The van der Waals surface area contributed by atoms with Crippen molar-refractivity contribution in [3.05, 3.63) is 65.2 Å². The van der Waals surface area contributed by atoms with Crippen molar-refractivity contribution in [3.8, 4) is 0 Å². The first-order valence-corrected chi connectivity index (χ1v) is 9.07. The molecule has 1 aliphatic heterocycles. The van der Waals surface area contributed by atoms with Crippen LogP contribution < -0.4 is 0 Å². The van der Waals surface area contributed by atoms with Crippen LogP contribution in [-0.2, 0) is 24.8 Å². The number of hydrogen-bond donors (Lipinski definition) is 0. The molecule has 2 aromatic carbocycles. The lowest BCUT2D eigenvalue weighted by molar-refractivity contribution is -0.141. The molecular formula is C17H14F2O4S. The van der Waals surface area contributed by atoms with Crippen LogP contribution in [0.5, 0.6) is 0 Å². The van der Waals surface area contributed by atoms with Gasteiger partial charge in [-0.1, -0.05) is 18.2 Å². The van der Waals surface area contributed by atoms with Gasteiger partial charge in [0.1, 0.15) is 5.41 Å². The van der Waals surface area contributed by atoms with Gasteiger partial charge in [0.15, 0.2) is 21.5 Å². The molecule has 126 valence electrons. The lowest BCUT2D eigenvalue weighted by Gasteiger charge is -2.26. The molecule has 1 unspecified atom stereocenters. The van der Waals surface area contributed by atoms with Crippen LogP contribution >= 0.6 is 0 Å². The van der Waals surface area contributed by atoms with Gasteiger partial charge in [0, 0.05) is 12.7 Å². The molecule has 4 nitrogen and oxygen atoms in total. The van der Waals surface area contributed by atoms with E-state index in [4.69, 9.17) is 4.74 Å². The molecule has 0 N–H and O–H groups in total. The molecule has 0 aromatic heterocycles. The summed E-state index contributed by atoms with van der Waals surface area (Å²) in [4.78, 5) is 12.5. The zero-order valence-electron chi connectivity index (χ0n) is 12.8. The summed E-state index contributed by atoms with van der Waals surface area (Å²) >= 11 is 0. The van der Waals surface area contributed by atoms with E-state index in [-0.39, 0.29) is 23.5 Å². The fourth-order valence-corrected chi connectivity index (χ4v) is 3.59. The van der Waals surface area contributed by atoms with Crippen LogP contribution in [0.25, 0.3) is 0 Å². The van der Waals surface area contributed by atoms with Crippen molar-refractivity contribution in [2.45, 2.75) is 16.7 Å². The van der Waals surface area contributed by atoms with E-state index in [1.165, 1.54) is 30.3 Å². The van der Waals surface area contributed by atoms with E-state index in [1.54, 1.807) is 0 Å². The first-order chi connectivity index (χ1) is 11.2. The Labute approximate surface area is 138 Å². The predicted molar refractivity (Wildman–Crippen MR) is 82.3 cm³/mol. The number of halogens is 2. The smallest absolute Gasteiger partial charge is 0.321 e. The largest absolute Gasteiger partial charge is 0.465 e. The maximum Gasteiger partial charge on any atom is 0.321 e. The highest BCUT2D eigenvalue weighted by Crippen LogP contribution is 2.41. The summed E-state index contributed by atoms with van der Waals surface area (Å²) in [6.45, 7) is 0.145. The minimum atomic E-state index is -3.38. The number of cyclic esters (lactones) is 1. The number of hydrogen-bond acceptors (Lipinski definition) is 4. The Kier molecular flexibility index (Phi) is 3.91. The lowest BCUT2D eigenvalue weighted by Crippen LogP contribution is -2.33. The highest BCUT2D eigenvalue weighted by Gasteiger charge is 2.48. The molecule has 0 aliphatic carbocycles. The van der Waals surface area contributed by atoms with Crippen LogP contribution in [0.4, 0.5) is 8.78 Å². The van der Waals surface area contributed by atoms with Crippen LogP contribution in [0, 0.1) is 11.6 Å². The van der Waals surface area contributed by atoms with E-state index >= 15 is 0 Å². The molecule has 0 bridgehead atoms. The average molecular weight is 352 g/mol. The van der Waals surface area contributed by atoms with E-state index in [9.17, 15) is 22.0 Å². The molecule has 1 heterocycles. The highest BCUT2D eigenvalue weighted by molar-refractivity contribution is 7.90. The summed E-state index contributed by atoms with van der Waals surface area (Å²) in [6, 6.07) is 9.06. The van der Waals surface area contributed by atoms with Gasteiger partial charge in [0.05, 0.1) is 11.5 Å². The zero-order valence-corrected chi connectivity index (χ0v) is 13.6. The SMILES string of the molecule is CS(=O)(=O)c1ccc(C2(c3ccc(F)c(F)c3)CCOC2=O)cc1. The van der Waals surface area contributed by atoms with Gasteiger partial charge in [0.2, 0.25) is 0 Å². The van der Waals surface area contributed by atoms with Gasteiger partial charge >= 0.3 is 5.97 Å². The second kappa shape index (κ2) is 5.66. The molecule has 1 fully saturated rings. The Morgan fingerprint density at radius 1 is 1.00 bits per heavy atom. The molecule has 0 spiro atoms. The first-order valence-electron chi connectivity index (χ1n) is 7.18. The van der Waals surface area contributed by atoms with Crippen molar-refractivity contribution < 1.29 is 26.7 Å². The number of sulfone groups is 1. The van der Waals surface area contributed by atoms with Crippen molar-refractivity contribution in [1.82, 2.24) is 0 Å². The third-order valence-electron chi connectivity index (χ3n) is 4.25. The van der Waals surface area contributed by atoms with Gasteiger partial charge in [-0.3, -0.25) is 4.79 Å². The number of ether oxygens (including phenoxy) is 1. The highest BCUT2D eigenvalue weighted by atomic mass is 32.2. The molecular weight excluding hydrogens is 338 g/mol. The Balaban J connectivity index is 2.17. The molecule has 7 heteroatoms. The van der Waals surface area contributed by atoms with E-state index in [2.05, 4.69) is 0 Å². The average Bonchev–Trinajstić information content (AvgIpc) is 2.92. The summed E-state index contributed by atoms with van der Waals surface area (Å²) in [5.74, 6) is -2.63. The van der Waals surface area contributed by atoms with E-state index < -0.39 is 32.9 Å². The molecule has 3 rings (SSSR count). The van der Waals surface area contributed by atoms with Crippen molar-refractivity contribution in [3.63, 3.8) is 0 Å². The maximum atomic E-state index is 13.7. The lowest BCUT2D eigenvalue weighted by atomic mass is 9.73. The van der Waals surface area contributed by atoms with Crippen molar-refractivity contribution in [2.75, 3.05) is 12.9 Å². The van der Waals surface area contributed by atoms with Gasteiger partial charge in [0.25, 0.3) is 0 Å². The Morgan fingerprint density at radius 3 is 2.12 bits per heavy atom. The summed E-state index contributed by atoms with van der Waals surface area (Å²) in [6.07, 6.45) is 1.34. The Hall–Kier alpha value is -2.28. The van der Waals surface area contributed by atoms with Gasteiger partial charge in [-0.2, -0.15) is 0 Å². The fourth-order valence-electron chi connectivity index (χ4n) is 2.96. The number of carbonyl (C=O) groups is 1. The number of rotatable bonds is 3. The minimum absolute atomic E-state index is 0.109. The third kappa shape index (κ3) is 2.58. The monoisotopic (exact) mass is 352 g/mol. The summed E-state index contributed by atoms with van der Waals surface area (Å²) in [5, 5.41) is 0. The predicted octanol–water partition coefficient (Wildman–Crippen LogP) is 2.60. The second-order valence-electron chi connectivity index (χ2n) is 5.72.